The van der Waals surface area contributed by atoms with Crippen LogP contribution in [0.2, 0.25) is 0 Å². The van der Waals surface area contributed by atoms with E-state index >= 15 is 0 Å². The van der Waals surface area contributed by atoms with Gasteiger partial charge in [0.15, 0.2) is 0 Å². The van der Waals surface area contributed by atoms with E-state index in [0.29, 0.717) is 24.3 Å². The van der Waals surface area contributed by atoms with Crippen molar-refractivity contribution in [3.8, 4) is 0 Å². The van der Waals surface area contributed by atoms with Crippen LogP contribution in [0.3, 0.4) is 0 Å². The first kappa shape index (κ1) is 15.1. The molecule has 4 heteroatoms. The van der Waals surface area contributed by atoms with Crippen molar-refractivity contribution >= 4 is 0 Å². The summed E-state index contributed by atoms with van der Waals surface area (Å²) in [6.45, 7) is 7.34. The highest BCUT2D eigenvalue weighted by atomic mass is 19.1. The average Bonchev–Trinajstić information content (AvgIpc) is 2.29. The molecule has 1 rings (SSSR count). The van der Waals surface area contributed by atoms with E-state index in [4.69, 9.17) is 15.2 Å². The highest BCUT2D eigenvalue weighted by Gasteiger charge is 2.10. The van der Waals surface area contributed by atoms with Gasteiger partial charge in [-0.2, -0.15) is 0 Å². The standard InChI is InChI=1S/C14H22FNO2/c1-14(2,3)18-8-7-17-10-12-6-4-5-11(9-16)13(12)15/h4-6H,7-10,16H2,1-3H3. The summed E-state index contributed by atoms with van der Waals surface area (Å²) in [7, 11) is 0. The van der Waals surface area contributed by atoms with Crippen molar-refractivity contribution in [2.45, 2.75) is 39.5 Å². The summed E-state index contributed by atoms with van der Waals surface area (Å²) in [5.41, 5.74) is 6.32. The Hall–Kier alpha value is -0.970. The first-order valence-corrected chi connectivity index (χ1v) is 6.12. The number of benzene rings is 1. The molecule has 1 aromatic rings. The molecule has 0 radical (unpaired) electrons. The lowest BCUT2D eigenvalue weighted by atomic mass is 10.1. The van der Waals surface area contributed by atoms with Gasteiger partial charge >= 0.3 is 0 Å². The van der Waals surface area contributed by atoms with E-state index in [0.717, 1.165) is 0 Å². The molecule has 0 bridgehead atoms. The van der Waals surface area contributed by atoms with Crippen LogP contribution in [0, 0.1) is 5.82 Å². The predicted octanol–water partition coefficient (Wildman–Crippen LogP) is 2.62. The fraction of sp³-hybridized carbons (Fsp3) is 0.571. The van der Waals surface area contributed by atoms with Crippen LogP contribution in [-0.4, -0.2) is 18.8 Å². The lowest BCUT2D eigenvalue weighted by molar-refractivity contribution is -0.0379. The topological polar surface area (TPSA) is 44.5 Å². The first-order valence-electron chi connectivity index (χ1n) is 6.12. The maximum absolute atomic E-state index is 13.8. The Balaban J connectivity index is 2.36. The summed E-state index contributed by atoms with van der Waals surface area (Å²) in [5, 5.41) is 0. The molecule has 18 heavy (non-hydrogen) atoms. The molecule has 0 heterocycles. The molecule has 0 amide bonds. The van der Waals surface area contributed by atoms with E-state index in [-0.39, 0.29) is 24.6 Å². The second-order valence-electron chi connectivity index (χ2n) is 5.11. The SMILES string of the molecule is CC(C)(C)OCCOCc1cccc(CN)c1F. The third-order valence-electron chi connectivity index (χ3n) is 2.40. The number of rotatable bonds is 6. The summed E-state index contributed by atoms with van der Waals surface area (Å²) in [5.74, 6) is -0.267. The van der Waals surface area contributed by atoms with E-state index in [1.807, 2.05) is 20.8 Å². The summed E-state index contributed by atoms with van der Waals surface area (Å²) in [4.78, 5) is 0. The number of hydrogen-bond acceptors (Lipinski definition) is 3. The van der Waals surface area contributed by atoms with Gasteiger partial charge in [0.1, 0.15) is 5.82 Å². The maximum atomic E-state index is 13.8. The molecule has 0 aliphatic rings. The zero-order valence-corrected chi connectivity index (χ0v) is 11.3. The zero-order chi connectivity index (χ0) is 13.6. The van der Waals surface area contributed by atoms with E-state index < -0.39 is 0 Å². The third-order valence-corrected chi connectivity index (χ3v) is 2.40. The Morgan fingerprint density at radius 1 is 1.17 bits per heavy atom. The van der Waals surface area contributed by atoms with Crippen LogP contribution in [-0.2, 0) is 22.6 Å². The van der Waals surface area contributed by atoms with Gasteiger partial charge < -0.3 is 15.2 Å². The third kappa shape index (κ3) is 5.12. The van der Waals surface area contributed by atoms with Crippen molar-refractivity contribution in [3.05, 3.63) is 35.1 Å². The molecule has 0 spiro atoms. The smallest absolute Gasteiger partial charge is 0.133 e. The van der Waals surface area contributed by atoms with Gasteiger partial charge in [0.05, 0.1) is 25.4 Å². The van der Waals surface area contributed by atoms with E-state index in [1.165, 1.54) is 0 Å². The maximum Gasteiger partial charge on any atom is 0.133 e. The Morgan fingerprint density at radius 3 is 2.44 bits per heavy atom. The molecular formula is C14H22FNO2. The molecule has 1 aromatic carbocycles. The summed E-state index contributed by atoms with van der Waals surface area (Å²) in [6, 6.07) is 5.18. The van der Waals surface area contributed by atoms with Gasteiger partial charge in [-0.1, -0.05) is 18.2 Å². The molecule has 0 fully saturated rings. The van der Waals surface area contributed by atoms with Crippen LogP contribution in [0.25, 0.3) is 0 Å². The van der Waals surface area contributed by atoms with Crippen LogP contribution >= 0.6 is 0 Å². The monoisotopic (exact) mass is 255 g/mol. The van der Waals surface area contributed by atoms with Gasteiger partial charge in [-0.05, 0) is 20.8 Å². The average molecular weight is 255 g/mol. The van der Waals surface area contributed by atoms with Crippen molar-refractivity contribution in [1.29, 1.82) is 0 Å². The van der Waals surface area contributed by atoms with Crippen LogP contribution in [0.5, 0.6) is 0 Å². The fourth-order valence-corrected chi connectivity index (χ4v) is 1.49. The number of ether oxygens (including phenoxy) is 2. The summed E-state index contributed by atoms with van der Waals surface area (Å²) in [6.07, 6.45) is 0. The Kier molecular flexibility index (Phi) is 5.72. The predicted molar refractivity (Wildman–Crippen MR) is 69.7 cm³/mol. The minimum Gasteiger partial charge on any atom is -0.374 e. The molecule has 0 atom stereocenters. The Bertz CT molecular complexity index is 375. The van der Waals surface area contributed by atoms with E-state index in [1.54, 1.807) is 18.2 Å². The fourth-order valence-electron chi connectivity index (χ4n) is 1.49. The van der Waals surface area contributed by atoms with Crippen molar-refractivity contribution < 1.29 is 13.9 Å². The first-order chi connectivity index (χ1) is 8.44. The molecule has 0 saturated heterocycles. The quantitative estimate of drug-likeness (QED) is 0.795. The molecule has 0 unspecified atom stereocenters. The zero-order valence-electron chi connectivity index (χ0n) is 11.3. The molecule has 102 valence electrons. The minimum atomic E-state index is -0.267. The number of hydrogen-bond donors (Lipinski definition) is 1. The van der Waals surface area contributed by atoms with Gasteiger partial charge in [-0.25, -0.2) is 4.39 Å². The molecule has 0 aliphatic heterocycles. The second-order valence-corrected chi connectivity index (χ2v) is 5.11. The number of halogens is 1. The lowest BCUT2D eigenvalue weighted by Gasteiger charge is -2.19. The lowest BCUT2D eigenvalue weighted by Crippen LogP contribution is -2.21. The van der Waals surface area contributed by atoms with Gasteiger partial charge in [0, 0.05) is 17.7 Å². The van der Waals surface area contributed by atoms with Gasteiger partial charge in [0.25, 0.3) is 0 Å². The Labute approximate surface area is 108 Å². The van der Waals surface area contributed by atoms with Gasteiger partial charge in [-0.15, -0.1) is 0 Å². The van der Waals surface area contributed by atoms with Crippen LogP contribution in [0.15, 0.2) is 18.2 Å². The molecule has 0 saturated carbocycles. The summed E-state index contributed by atoms with van der Waals surface area (Å²) >= 11 is 0. The summed E-state index contributed by atoms with van der Waals surface area (Å²) < 4.78 is 24.7. The molecular weight excluding hydrogens is 233 g/mol. The van der Waals surface area contributed by atoms with Crippen LogP contribution < -0.4 is 5.73 Å². The highest BCUT2D eigenvalue weighted by Crippen LogP contribution is 2.13. The largest absolute Gasteiger partial charge is 0.374 e. The van der Waals surface area contributed by atoms with Gasteiger partial charge in [0.2, 0.25) is 0 Å². The highest BCUT2D eigenvalue weighted by molar-refractivity contribution is 5.25. The number of nitrogens with two attached hydrogens (primary N) is 1. The molecule has 2 N–H and O–H groups in total. The normalized spacial score (nSPS) is 11.8. The molecule has 3 nitrogen and oxygen atoms in total. The Morgan fingerprint density at radius 2 is 1.83 bits per heavy atom. The second kappa shape index (κ2) is 6.83. The van der Waals surface area contributed by atoms with Crippen molar-refractivity contribution in [2.75, 3.05) is 13.2 Å². The van der Waals surface area contributed by atoms with Crippen molar-refractivity contribution in [2.24, 2.45) is 5.73 Å². The van der Waals surface area contributed by atoms with Crippen molar-refractivity contribution in [3.63, 3.8) is 0 Å². The minimum absolute atomic E-state index is 0.173. The molecule has 0 aliphatic carbocycles. The molecule has 0 aromatic heterocycles. The van der Waals surface area contributed by atoms with Gasteiger partial charge in [-0.3, -0.25) is 0 Å². The van der Waals surface area contributed by atoms with Crippen LogP contribution in [0.4, 0.5) is 4.39 Å². The van der Waals surface area contributed by atoms with Crippen LogP contribution in [0.1, 0.15) is 31.9 Å². The van der Waals surface area contributed by atoms with E-state index in [9.17, 15) is 4.39 Å². The van der Waals surface area contributed by atoms with E-state index in [2.05, 4.69) is 0 Å². The van der Waals surface area contributed by atoms with Crippen molar-refractivity contribution in [1.82, 2.24) is 0 Å².